The van der Waals surface area contributed by atoms with Crippen LogP contribution in [0.25, 0.3) is 49.9 Å². The molecule has 0 unspecified atom stereocenters. The number of hydrogen-bond donors (Lipinski definition) is 0. The summed E-state index contributed by atoms with van der Waals surface area (Å²) >= 11 is 0. The molecule has 5 nitrogen and oxygen atoms in total. The molecule has 0 spiro atoms. The molecule has 10 rings (SSSR count). The Balaban J connectivity index is 1.14. The average Bonchev–Trinajstić information content (AvgIpc) is 3.85. The van der Waals surface area contributed by atoms with Crippen molar-refractivity contribution in [3.05, 3.63) is 193 Å². The fourth-order valence-corrected chi connectivity index (χ4v) is 8.51. The van der Waals surface area contributed by atoms with Gasteiger partial charge in [0.15, 0.2) is 0 Å². The lowest BCUT2D eigenvalue weighted by molar-refractivity contribution is 0.483. The van der Waals surface area contributed by atoms with Crippen LogP contribution in [0.1, 0.15) is 48.5 Å². The van der Waals surface area contributed by atoms with E-state index in [2.05, 4.69) is 157 Å². The van der Waals surface area contributed by atoms with Crippen molar-refractivity contribution < 1.29 is 7.48 Å². The number of ether oxygens (including phenoxy) is 1. The highest BCUT2D eigenvalue weighted by Crippen LogP contribution is 2.46. The molecule has 9 aromatic rings. The Hall–Kier alpha value is -7.33. The predicted molar refractivity (Wildman–Crippen MR) is 254 cm³/mol. The zero-order valence-electron chi connectivity index (χ0n) is 37.1. The largest absolute Gasteiger partial charge is 0.503 e. The minimum Gasteiger partial charge on any atom is -0.457 e. The molecule has 61 heavy (non-hydrogen) atoms. The van der Waals surface area contributed by atoms with Gasteiger partial charge in [-0.2, -0.15) is 0 Å². The molecular weight excluding hydrogens is 745 g/mol. The van der Waals surface area contributed by atoms with E-state index in [-0.39, 0.29) is 11.3 Å². The van der Waals surface area contributed by atoms with E-state index in [0.29, 0.717) is 17.1 Å². The van der Waals surface area contributed by atoms with Crippen LogP contribution in [0.3, 0.4) is 0 Å². The van der Waals surface area contributed by atoms with E-state index in [9.17, 15) is 2.74 Å². The smallest absolute Gasteiger partial charge is 0.457 e. The summed E-state index contributed by atoms with van der Waals surface area (Å²) in [6.07, 6.45) is 0.252. The lowest BCUT2D eigenvalue weighted by atomic mass is 9.88. The summed E-state index contributed by atoms with van der Waals surface area (Å²) in [5, 5.41) is 2.27. The van der Waals surface area contributed by atoms with Gasteiger partial charge in [0.1, 0.15) is 17.3 Å². The van der Waals surface area contributed by atoms with E-state index in [1.54, 1.807) is 0 Å². The number of benzene rings is 7. The van der Waals surface area contributed by atoms with E-state index < -0.39 is 6.37 Å². The zero-order valence-corrected chi connectivity index (χ0v) is 35.1. The predicted octanol–water partition coefficient (Wildman–Crippen LogP) is 14.7. The SMILES string of the molecule is [2H]C([2H])(c1cccc2c1[N+](c1c(-c3ccccc3)cccc1-c1ccccc1)=C=[N+]2c1cccc(Oc2ccc3c4ccccc4n(-c4cc(C(C)(C)C)ccn4)c3c2)c1)C(C)C. The highest BCUT2D eigenvalue weighted by atomic mass is 16.5. The number of rotatable bonds is 9. The second-order valence-electron chi connectivity index (χ2n) is 17.0. The second kappa shape index (κ2) is 15.4. The van der Waals surface area contributed by atoms with Crippen LogP contribution in [0.2, 0.25) is 0 Å². The Kier molecular flexibility index (Phi) is 8.97. The molecule has 0 saturated heterocycles. The lowest BCUT2D eigenvalue weighted by Crippen LogP contribution is -2.12. The maximum atomic E-state index is 9.48. The monoisotopic (exact) mass is 794 g/mol. The van der Waals surface area contributed by atoms with Gasteiger partial charge in [-0.1, -0.05) is 138 Å². The van der Waals surface area contributed by atoms with Crippen LogP contribution in [0, 0.1) is 5.92 Å². The highest BCUT2D eigenvalue weighted by Gasteiger charge is 2.41. The molecule has 5 heteroatoms. The van der Waals surface area contributed by atoms with Gasteiger partial charge in [-0.15, -0.1) is 0 Å². The van der Waals surface area contributed by atoms with E-state index in [1.165, 1.54) is 5.56 Å². The summed E-state index contributed by atoms with van der Waals surface area (Å²) in [6.45, 7) is 10.5. The maximum Gasteiger partial charge on any atom is 0.503 e. The Morgan fingerprint density at radius 2 is 1.28 bits per heavy atom. The van der Waals surface area contributed by atoms with Gasteiger partial charge in [0, 0.05) is 43.5 Å². The minimum absolute atomic E-state index is 0.0333. The molecule has 0 bridgehead atoms. The summed E-state index contributed by atoms with van der Waals surface area (Å²) in [5.74, 6) is 1.93. The number of pyridine rings is 1. The number of aromatic nitrogens is 2. The Bertz CT molecular complexity index is 3230. The third-order valence-corrected chi connectivity index (χ3v) is 11.4. The van der Waals surface area contributed by atoms with Gasteiger partial charge < -0.3 is 4.74 Å². The Labute approximate surface area is 360 Å². The van der Waals surface area contributed by atoms with Crippen LogP contribution in [0.5, 0.6) is 11.5 Å². The molecule has 0 atom stereocenters. The van der Waals surface area contributed by atoms with Crippen molar-refractivity contribution in [3.8, 4) is 39.6 Å². The second-order valence-corrected chi connectivity index (χ2v) is 17.0. The first-order valence-corrected chi connectivity index (χ1v) is 21.0. The van der Waals surface area contributed by atoms with Crippen molar-refractivity contribution in [2.75, 3.05) is 0 Å². The third kappa shape index (κ3) is 7.03. The third-order valence-electron chi connectivity index (χ3n) is 11.4. The van der Waals surface area contributed by atoms with Crippen molar-refractivity contribution in [2.45, 2.75) is 46.4 Å². The first-order valence-electron chi connectivity index (χ1n) is 22.0. The van der Waals surface area contributed by atoms with E-state index >= 15 is 0 Å². The normalized spacial score (nSPS) is 13.2. The molecule has 0 amide bonds. The number of nitrogens with zero attached hydrogens (tertiary/aromatic N) is 4. The van der Waals surface area contributed by atoms with Crippen LogP contribution >= 0.6 is 0 Å². The zero-order chi connectivity index (χ0) is 43.5. The lowest BCUT2D eigenvalue weighted by Gasteiger charge is -2.20. The van der Waals surface area contributed by atoms with Crippen LogP contribution in [0.15, 0.2) is 182 Å². The summed E-state index contributed by atoms with van der Waals surface area (Å²) in [6, 6.07) is 63.9. The molecule has 3 heterocycles. The van der Waals surface area contributed by atoms with Crippen LogP contribution in [-0.4, -0.2) is 15.6 Å². The van der Waals surface area contributed by atoms with Gasteiger partial charge in [0.05, 0.1) is 28.2 Å². The molecule has 2 aromatic heterocycles. The highest BCUT2D eigenvalue weighted by molar-refractivity contribution is 6.09. The van der Waals surface area contributed by atoms with Gasteiger partial charge in [-0.25, -0.2) is 4.98 Å². The molecule has 0 radical (unpaired) electrons. The molecular formula is C56H48N4O+2. The summed E-state index contributed by atoms with van der Waals surface area (Å²) < 4.78 is 32.1. The van der Waals surface area contributed by atoms with Crippen molar-refractivity contribution in [1.29, 1.82) is 0 Å². The molecule has 0 N–H and O–H groups in total. The van der Waals surface area contributed by atoms with Gasteiger partial charge in [-0.3, -0.25) is 4.57 Å². The molecule has 1 aliphatic rings. The van der Waals surface area contributed by atoms with E-state index in [4.69, 9.17) is 9.72 Å². The molecule has 0 fully saturated rings. The summed E-state index contributed by atoms with van der Waals surface area (Å²) in [4.78, 5) is 4.87. The quantitative estimate of drug-likeness (QED) is 0.136. The van der Waals surface area contributed by atoms with Gasteiger partial charge in [-0.05, 0) is 92.1 Å². The molecule has 1 aliphatic heterocycles. The topological polar surface area (TPSA) is 33.1 Å². The Morgan fingerprint density at radius 1 is 0.623 bits per heavy atom. The molecule has 7 aromatic carbocycles. The van der Waals surface area contributed by atoms with Gasteiger partial charge in [0.25, 0.3) is 5.69 Å². The van der Waals surface area contributed by atoms with Crippen LogP contribution in [-0.2, 0) is 11.8 Å². The van der Waals surface area contributed by atoms with Gasteiger partial charge >= 0.3 is 11.7 Å². The first kappa shape index (κ1) is 35.6. The first-order chi connectivity index (χ1) is 30.5. The van der Waals surface area contributed by atoms with Gasteiger partial charge in [0.2, 0.25) is 11.4 Å². The van der Waals surface area contributed by atoms with Crippen LogP contribution < -0.4 is 13.9 Å². The maximum absolute atomic E-state index is 9.48. The minimum atomic E-state index is -1.65. The fraction of sp³-hybridized carbons (Fsp3) is 0.143. The number of fused-ring (bicyclic) bond motifs is 4. The number of para-hydroxylation sites is 3. The number of hydrogen-bond acceptors (Lipinski definition) is 2. The van der Waals surface area contributed by atoms with Crippen molar-refractivity contribution >= 4 is 50.6 Å². The van der Waals surface area contributed by atoms with E-state index in [0.717, 1.165) is 72.6 Å². The standard InChI is InChI=1S/C56H48N4O/c1-38(2)33-41-21-14-28-51-54(41)59(55-46(39-17-8-6-9-18-39)25-16-26-47(55)40-19-10-7-11-20-40)37-58(51)43-22-15-23-44(35-43)61-45-29-30-49-48-24-12-13-27-50(48)60(52(49)36-45)53-34-42(31-32-57-53)56(3,4)5/h6-32,34-36,38H,33H2,1-5H3/q+2/i33D2. The van der Waals surface area contributed by atoms with Crippen LogP contribution in [0.4, 0.5) is 22.7 Å². The van der Waals surface area contributed by atoms with Crippen molar-refractivity contribution in [3.63, 3.8) is 0 Å². The summed E-state index contributed by atoms with van der Waals surface area (Å²) in [5.41, 5.74) is 11.3. The molecule has 296 valence electrons. The molecule has 0 aliphatic carbocycles. The fourth-order valence-electron chi connectivity index (χ4n) is 8.51. The van der Waals surface area contributed by atoms with Crippen molar-refractivity contribution in [1.82, 2.24) is 18.7 Å². The summed E-state index contributed by atoms with van der Waals surface area (Å²) in [7, 11) is 0. The molecule has 0 saturated carbocycles. The van der Waals surface area contributed by atoms with Crippen molar-refractivity contribution in [2.24, 2.45) is 5.92 Å². The Morgan fingerprint density at radius 3 is 2.00 bits per heavy atom. The average molecular weight is 795 g/mol. The van der Waals surface area contributed by atoms with E-state index in [1.807, 2.05) is 79.2 Å².